The average molecular weight is 541 g/mol. The van der Waals surface area contributed by atoms with Crippen LogP contribution in [0.3, 0.4) is 0 Å². The Balaban J connectivity index is 1.66. The third-order valence-corrected chi connectivity index (χ3v) is 7.53. The summed E-state index contributed by atoms with van der Waals surface area (Å²) in [5.41, 5.74) is 3.62. The number of amides is 1. The van der Waals surface area contributed by atoms with Crippen molar-refractivity contribution in [3.05, 3.63) is 76.4 Å². The van der Waals surface area contributed by atoms with E-state index in [2.05, 4.69) is 26.9 Å². The largest absolute Gasteiger partial charge is 0.396 e. The first kappa shape index (κ1) is 28.5. The number of carbonyl (C=O) groups excluding carboxylic acids is 1. The molecule has 1 aromatic carbocycles. The minimum atomic E-state index is -3.16. The smallest absolute Gasteiger partial charge is 0.286 e. The number of hydrogen-bond acceptors (Lipinski definition) is 7. The van der Waals surface area contributed by atoms with Crippen molar-refractivity contribution in [3.63, 3.8) is 0 Å². The topological polar surface area (TPSA) is 107 Å². The number of pyridine rings is 1. The molecule has 0 radical (unpaired) electrons. The summed E-state index contributed by atoms with van der Waals surface area (Å²) >= 11 is 0. The van der Waals surface area contributed by atoms with E-state index >= 15 is 0 Å². The molecule has 39 heavy (non-hydrogen) atoms. The number of aryl methyl sites for hydroxylation is 1. The van der Waals surface area contributed by atoms with E-state index in [0.29, 0.717) is 37.6 Å². The van der Waals surface area contributed by atoms with Crippen molar-refractivity contribution >= 4 is 23.9 Å². The van der Waals surface area contributed by atoms with Gasteiger partial charge in [-0.05, 0) is 67.6 Å². The number of benzene rings is 1. The van der Waals surface area contributed by atoms with Gasteiger partial charge in [0.15, 0.2) is 0 Å². The maximum absolute atomic E-state index is 13.7. The fraction of sp³-hybridized carbons (Fsp3) is 0.414. The Labute approximate surface area is 226 Å². The van der Waals surface area contributed by atoms with Gasteiger partial charge in [-0.3, -0.25) is 14.8 Å². The van der Waals surface area contributed by atoms with Crippen molar-refractivity contribution in [2.75, 3.05) is 38.3 Å². The number of aromatic nitrogens is 1. The Kier molecular flexibility index (Phi) is 8.29. The fourth-order valence-electron chi connectivity index (χ4n) is 5.21. The number of rotatable bonds is 8. The SMILES string of the molecule is C=NC1=C(/C=C(\C)c2cc(NC(=O)c3ccnc(C(C)(F)F)c3)ccc2C)N2CCOCC2C(CO)(CO)C1. The summed E-state index contributed by atoms with van der Waals surface area (Å²) in [6, 6.07) is 7.73. The lowest BCUT2D eigenvalue weighted by Crippen LogP contribution is -2.59. The van der Waals surface area contributed by atoms with Crippen LogP contribution in [0.2, 0.25) is 0 Å². The molecule has 1 unspecified atom stereocenters. The predicted molar refractivity (Wildman–Crippen MR) is 146 cm³/mol. The zero-order valence-electron chi connectivity index (χ0n) is 22.4. The molecular weight excluding hydrogens is 506 g/mol. The van der Waals surface area contributed by atoms with E-state index in [4.69, 9.17) is 4.74 Å². The van der Waals surface area contributed by atoms with E-state index < -0.39 is 22.9 Å². The summed E-state index contributed by atoms with van der Waals surface area (Å²) in [7, 11) is 0. The molecule has 1 amide bonds. The van der Waals surface area contributed by atoms with Gasteiger partial charge in [-0.15, -0.1) is 0 Å². The molecule has 1 fully saturated rings. The van der Waals surface area contributed by atoms with E-state index in [1.165, 1.54) is 12.3 Å². The third-order valence-electron chi connectivity index (χ3n) is 7.53. The van der Waals surface area contributed by atoms with Crippen molar-refractivity contribution in [1.82, 2.24) is 9.88 Å². The van der Waals surface area contributed by atoms with Crippen molar-refractivity contribution < 1.29 is 28.5 Å². The van der Waals surface area contributed by atoms with Crippen LogP contribution < -0.4 is 5.32 Å². The van der Waals surface area contributed by atoms with Crippen molar-refractivity contribution in [1.29, 1.82) is 0 Å². The van der Waals surface area contributed by atoms with Gasteiger partial charge in [0, 0.05) is 42.8 Å². The Morgan fingerprint density at radius 3 is 2.74 bits per heavy atom. The number of halogens is 2. The highest BCUT2D eigenvalue weighted by Crippen LogP contribution is 2.43. The van der Waals surface area contributed by atoms with Crippen molar-refractivity contribution in [3.8, 4) is 0 Å². The molecule has 2 aliphatic rings. The number of anilines is 1. The first-order valence-corrected chi connectivity index (χ1v) is 12.7. The highest BCUT2D eigenvalue weighted by molar-refractivity contribution is 6.04. The molecule has 10 heteroatoms. The molecule has 3 N–H and O–H groups in total. The Bertz CT molecular complexity index is 1310. The molecule has 0 spiro atoms. The number of alkyl halides is 2. The monoisotopic (exact) mass is 540 g/mol. The highest BCUT2D eigenvalue weighted by atomic mass is 19.3. The van der Waals surface area contributed by atoms with E-state index in [0.717, 1.165) is 35.4 Å². The summed E-state index contributed by atoms with van der Waals surface area (Å²) in [6.45, 7) is 9.43. The van der Waals surface area contributed by atoms with E-state index in [1.807, 2.05) is 32.1 Å². The molecule has 208 valence electrons. The number of ether oxygens (including phenoxy) is 1. The lowest BCUT2D eigenvalue weighted by atomic mass is 9.73. The number of hydrogen-bond donors (Lipinski definition) is 3. The van der Waals surface area contributed by atoms with E-state index in [1.54, 1.807) is 6.07 Å². The Hall–Kier alpha value is -3.47. The number of nitrogens with zero attached hydrogens (tertiary/aromatic N) is 3. The standard InChI is InChI=1S/C29H34F2N4O4/c1-18-5-6-21(34-27(38)20-7-8-33-25(12-20)28(3,30)31)13-22(18)19(2)11-24-23(32-4)14-29(16-36,17-37)26-15-39-10-9-35(24)26/h5-8,11-13,26,36-37H,4,9-10,14-17H2,1-3H3,(H,34,38)/b19-11+. The van der Waals surface area contributed by atoms with E-state index in [9.17, 15) is 23.8 Å². The van der Waals surface area contributed by atoms with Gasteiger partial charge in [-0.2, -0.15) is 8.78 Å². The lowest BCUT2D eigenvalue weighted by molar-refractivity contribution is -0.0928. The minimum Gasteiger partial charge on any atom is -0.396 e. The number of morpholine rings is 1. The van der Waals surface area contributed by atoms with Gasteiger partial charge in [0.1, 0.15) is 5.69 Å². The first-order chi connectivity index (χ1) is 18.5. The van der Waals surface area contributed by atoms with E-state index in [-0.39, 0.29) is 24.8 Å². The number of nitrogens with one attached hydrogen (secondary N) is 1. The van der Waals surface area contributed by atoms with Gasteiger partial charge < -0.3 is 25.2 Å². The van der Waals surface area contributed by atoms with Gasteiger partial charge >= 0.3 is 0 Å². The van der Waals surface area contributed by atoms with Crippen LogP contribution in [0.25, 0.3) is 5.57 Å². The Morgan fingerprint density at radius 1 is 1.33 bits per heavy atom. The summed E-state index contributed by atoms with van der Waals surface area (Å²) in [6.07, 6.45) is 3.56. The van der Waals surface area contributed by atoms with Crippen LogP contribution in [0.4, 0.5) is 14.5 Å². The van der Waals surface area contributed by atoms with Crippen molar-refractivity contribution in [2.24, 2.45) is 10.4 Å². The highest BCUT2D eigenvalue weighted by Gasteiger charge is 2.48. The van der Waals surface area contributed by atoms with Crippen LogP contribution >= 0.6 is 0 Å². The number of aliphatic imine (C=N–C) groups is 1. The average Bonchev–Trinajstić information content (AvgIpc) is 2.94. The van der Waals surface area contributed by atoms with Crippen LogP contribution in [-0.2, 0) is 10.7 Å². The summed E-state index contributed by atoms with van der Waals surface area (Å²) < 4.78 is 33.1. The second-order valence-corrected chi connectivity index (χ2v) is 10.3. The summed E-state index contributed by atoms with van der Waals surface area (Å²) in [5, 5.41) is 23.2. The molecule has 1 atom stereocenters. The summed E-state index contributed by atoms with van der Waals surface area (Å²) in [4.78, 5) is 22.9. The first-order valence-electron chi connectivity index (χ1n) is 12.7. The molecule has 2 aliphatic heterocycles. The zero-order chi connectivity index (χ0) is 28.4. The number of fused-ring (bicyclic) bond motifs is 1. The Morgan fingerprint density at radius 2 is 2.08 bits per heavy atom. The van der Waals surface area contributed by atoms with Crippen LogP contribution in [0.1, 0.15) is 47.4 Å². The molecule has 0 bridgehead atoms. The van der Waals surface area contributed by atoms with Crippen LogP contribution in [0.5, 0.6) is 0 Å². The second-order valence-electron chi connectivity index (χ2n) is 10.3. The van der Waals surface area contributed by atoms with Crippen LogP contribution in [0.15, 0.2) is 59.0 Å². The predicted octanol–water partition coefficient (Wildman–Crippen LogP) is 4.15. The number of aliphatic hydroxyl groups excluding tert-OH is 2. The molecular formula is C29H34F2N4O4. The number of allylic oxidation sites excluding steroid dienone is 3. The molecule has 0 aliphatic carbocycles. The van der Waals surface area contributed by atoms with Gasteiger partial charge in [0.05, 0.1) is 43.9 Å². The molecule has 0 saturated carbocycles. The molecule has 4 rings (SSSR count). The fourth-order valence-corrected chi connectivity index (χ4v) is 5.21. The van der Waals surface area contributed by atoms with Crippen molar-refractivity contribution in [2.45, 2.75) is 39.2 Å². The maximum Gasteiger partial charge on any atom is 0.286 e. The lowest BCUT2D eigenvalue weighted by Gasteiger charge is -2.51. The summed E-state index contributed by atoms with van der Waals surface area (Å²) in [5.74, 6) is -3.68. The number of aliphatic hydroxyl groups is 2. The van der Waals surface area contributed by atoms with Crippen LogP contribution in [0, 0.1) is 12.3 Å². The number of carbonyl (C=O) groups is 1. The minimum absolute atomic E-state index is 0.0829. The van der Waals surface area contributed by atoms with Crippen LogP contribution in [-0.4, -0.2) is 71.7 Å². The zero-order valence-corrected chi connectivity index (χ0v) is 22.4. The quantitative estimate of drug-likeness (QED) is 0.435. The van der Waals surface area contributed by atoms with Gasteiger partial charge in [-0.1, -0.05) is 6.07 Å². The molecule has 1 aromatic heterocycles. The normalized spacial score (nSPS) is 19.5. The third kappa shape index (κ3) is 5.78. The van der Waals surface area contributed by atoms with Gasteiger partial charge in [0.2, 0.25) is 0 Å². The second kappa shape index (κ2) is 11.3. The molecule has 3 heterocycles. The molecule has 8 nitrogen and oxygen atoms in total. The van der Waals surface area contributed by atoms with Gasteiger partial charge in [-0.25, -0.2) is 0 Å². The molecule has 2 aromatic rings. The molecule has 1 saturated heterocycles. The maximum atomic E-state index is 13.7. The van der Waals surface area contributed by atoms with Gasteiger partial charge in [0.25, 0.3) is 11.8 Å².